The molecule has 0 spiro atoms. The van der Waals surface area contributed by atoms with E-state index in [0.29, 0.717) is 5.01 Å². The van der Waals surface area contributed by atoms with Crippen molar-refractivity contribution in [3.05, 3.63) is 17.4 Å². The van der Waals surface area contributed by atoms with Gasteiger partial charge in [-0.1, -0.05) is 0 Å². The number of H-pyrrole nitrogens is 1. The van der Waals surface area contributed by atoms with E-state index in [4.69, 9.17) is 0 Å². The number of thiazole rings is 1. The summed E-state index contributed by atoms with van der Waals surface area (Å²) in [4.78, 5) is 17.7. The molecule has 0 saturated carbocycles. The third-order valence-electron chi connectivity index (χ3n) is 1.97. The topological polar surface area (TPSA) is 71.5 Å². The predicted octanol–water partition coefficient (Wildman–Crippen LogP) is 1.38. The summed E-state index contributed by atoms with van der Waals surface area (Å²) < 4.78 is 0.956. The molecule has 5 nitrogen and oxygen atoms in total. The van der Waals surface area contributed by atoms with E-state index in [0.717, 1.165) is 27.5 Å². The summed E-state index contributed by atoms with van der Waals surface area (Å²) >= 11 is 1.36. The van der Waals surface area contributed by atoms with E-state index in [1.165, 1.54) is 11.3 Å². The molecule has 0 amide bonds. The van der Waals surface area contributed by atoms with Crippen molar-refractivity contribution in [3.63, 3.8) is 0 Å². The van der Waals surface area contributed by atoms with Gasteiger partial charge in [-0.2, -0.15) is 10.2 Å². The average molecular weight is 204 g/mol. The fraction of sp³-hybridized carbons (Fsp3) is 0. The van der Waals surface area contributed by atoms with Gasteiger partial charge in [-0.15, -0.1) is 11.3 Å². The third-order valence-corrected chi connectivity index (χ3v) is 2.99. The molecule has 1 N–H and O–H groups in total. The van der Waals surface area contributed by atoms with Gasteiger partial charge in [-0.25, -0.2) is 4.98 Å². The molecule has 0 radical (unpaired) electrons. The van der Waals surface area contributed by atoms with Crippen LogP contribution in [0.25, 0.3) is 21.3 Å². The number of hydrogen-bond donors (Lipinski definition) is 1. The molecule has 3 heterocycles. The van der Waals surface area contributed by atoms with Gasteiger partial charge < -0.3 is 4.98 Å². The van der Waals surface area contributed by atoms with Crippen LogP contribution in [0.5, 0.6) is 0 Å². The molecule has 0 aliphatic rings. The van der Waals surface area contributed by atoms with Crippen LogP contribution in [-0.4, -0.2) is 26.5 Å². The standard InChI is InChI=1S/C8H4N4OS/c13-3-6-12-8-7(14-6)4-1-9-10-2-5(4)11-8/h1-3,11H. The van der Waals surface area contributed by atoms with Crippen molar-refractivity contribution in [2.45, 2.75) is 0 Å². The molecular formula is C8H4N4OS. The fourth-order valence-corrected chi connectivity index (χ4v) is 2.24. The number of carbonyl (C=O) groups is 1. The molecule has 0 aromatic carbocycles. The van der Waals surface area contributed by atoms with Crippen molar-refractivity contribution < 1.29 is 4.79 Å². The lowest BCUT2D eigenvalue weighted by Crippen LogP contribution is -1.78. The van der Waals surface area contributed by atoms with E-state index in [1.807, 2.05) is 0 Å². The summed E-state index contributed by atoms with van der Waals surface area (Å²) in [6.07, 6.45) is 4.06. The summed E-state index contributed by atoms with van der Waals surface area (Å²) in [6, 6.07) is 0. The van der Waals surface area contributed by atoms with Gasteiger partial charge >= 0.3 is 0 Å². The van der Waals surface area contributed by atoms with Gasteiger partial charge in [0.25, 0.3) is 0 Å². The maximum absolute atomic E-state index is 10.5. The Morgan fingerprint density at radius 3 is 3.07 bits per heavy atom. The molecule has 68 valence electrons. The highest BCUT2D eigenvalue weighted by Crippen LogP contribution is 2.28. The van der Waals surface area contributed by atoms with Crippen molar-refractivity contribution in [1.29, 1.82) is 0 Å². The van der Waals surface area contributed by atoms with Crippen LogP contribution in [0.1, 0.15) is 9.80 Å². The van der Waals surface area contributed by atoms with Crippen LogP contribution in [0.2, 0.25) is 0 Å². The molecule has 6 heteroatoms. The summed E-state index contributed by atoms with van der Waals surface area (Å²) in [6.45, 7) is 0. The Morgan fingerprint density at radius 1 is 1.36 bits per heavy atom. The lowest BCUT2D eigenvalue weighted by Gasteiger charge is -1.84. The first-order valence-electron chi connectivity index (χ1n) is 3.92. The maximum atomic E-state index is 10.5. The Morgan fingerprint density at radius 2 is 2.21 bits per heavy atom. The molecule has 0 aliphatic heterocycles. The zero-order valence-corrected chi connectivity index (χ0v) is 7.71. The second-order valence-electron chi connectivity index (χ2n) is 2.79. The van der Waals surface area contributed by atoms with Gasteiger partial charge in [0.05, 0.1) is 22.6 Å². The highest BCUT2D eigenvalue weighted by molar-refractivity contribution is 7.21. The molecular weight excluding hydrogens is 200 g/mol. The molecule has 3 aromatic rings. The summed E-state index contributed by atoms with van der Waals surface area (Å²) in [5.41, 5.74) is 1.62. The van der Waals surface area contributed by atoms with Gasteiger partial charge in [0.1, 0.15) is 5.65 Å². The minimum absolute atomic E-state index is 0.477. The molecule has 14 heavy (non-hydrogen) atoms. The van der Waals surface area contributed by atoms with Crippen LogP contribution >= 0.6 is 11.3 Å². The van der Waals surface area contributed by atoms with Crippen molar-refractivity contribution in [2.24, 2.45) is 0 Å². The number of hydrogen-bond acceptors (Lipinski definition) is 5. The van der Waals surface area contributed by atoms with E-state index >= 15 is 0 Å². The molecule has 0 aliphatic carbocycles. The summed E-state index contributed by atoms with van der Waals surface area (Å²) in [5.74, 6) is 0. The quantitative estimate of drug-likeness (QED) is 0.608. The van der Waals surface area contributed by atoms with Crippen molar-refractivity contribution >= 4 is 38.9 Å². The van der Waals surface area contributed by atoms with E-state index in [9.17, 15) is 4.79 Å². The van der Waals surface area contributed by atoms with Gasteiger partial charge in [-0.05, 0) is 0 Å². The van der Waals surface area contributed by atoms with Crippen LogP contribution < -0.4 is 0 Å². The molecule has 0 unspecified atom stereocenters. The zero-order valence-electron chi connectivity index (χ0n) is 6.89. The number of rotatable bonds is 1. The Balaban J connectivity index is 2.50. The van der Waals surface area contributed by atoms with Crippen LogP contribution in [-0.2, 0) is 0 Å². The fourth-order valence-electron chi connectivity index (χ4n) is 1.38. The molecule has 0 fully saturated rings. The number of aldehydes is 1. The summed E-state index contributed by atoms with van der Waals surface area (Å²) in [7, 11) is 0. The Hall–Kier alpha value is -1.82. The molecule has 0 saturated heterocycles. The van der Waals surface area contributed by atoms with E-state index in [2.05, 4.69) is 20.2 Å². The monoisotopic (exact) mass is 204 g/mol. The first-order valence-corrected chi connectivity index (χ1v) is 4.74. The largest absolute Gasteiger partial charge is 0.337 e. The number of carbonyl (C=O) groups excluding carboxylic acids is 1. The smallest absolute Gasteiger partial charge is 0.178 e. The SMILES string of the molecule is O=Cc1nc2[nH]c3cnncc3c2s1. The van der Waals surface area contributed by atoms with E-state index in [-0.39, 0.29) is 0 Å². The number of nitrogens with zero attached hydrogens (tertiary/aromatic N) is 3. The van der Waals surface area contributed by atoms with Crippen LogP contribution in [0.15, 0.2) is 12.4 Å². The first-order chi connectivity index (χ1) is 6.88. The number of nitrogens with one attached hydrogen (secondary N) is 1. The van der Waals surface area contributed by atoms with Crippen molar-refractivity contribution in [2.75, 3.05) is 0 Å². The van der Waals surface area contributed by atoms with Crippen molar-refractivity contribution in [1.82, 2.24) is 20.2 Å². The third kappa shape index (κ3) is 0.882. The summed E-state index contributed by atoms with van der Waals surface area (Å²) in [5, 5.41) is 8.98. The second kappa shape index (κ2) is 2.58. The van der Waals surface area contributed by atoms with Gasteiger partial charge in [0.15, 0.2) is 11.3 Å². The van der Waals surface area contributed by atoms with Gasteiger partial charge in [-0.3, -0.25) is 4.79 Å². The van der Waals surface area contributed by atoms with Gasteiger partial charge in [0, 0.05) is 5.39 Å². The molecule has 0 bridgehead atoms. The van der Waals surface area contributed by atoms with Crippen LogP contribution in [0, 0.1) is 0 Å². The van der Waals surface area contributed by atoms with Crippen molar-refractivity contribution in [3.8, 4) is 0 Å². The first kappa shape index (κ1) is 7.57. The second-order valence-corrected chi connectivity index (χ2v) is 3.82. The number of fused-ring (bicyclic) bond motifs is 3. The van der Waals surface area contributed by atoms with Crippen LogP contribution in [0.3, 0.4) is 0 Å². The molecule has 0 atom stereocenters. The average Bonchev–Trinajstić information content (AvgIpc) is 2.73. The normalized spacial score (nSPS) is 11.1. The predicted molar refractivity (Wildman–Crippen MR) is 52.5 cm³/mol. The van der Waals surface area contributed by atoms with Gasteiger partial charge in [0.2, 0.25) is 0 Å². The number of aromatic nitrogens is 4. The highest BCUT2D eigenvalue weighted by atomic mass is 32.1. The zero-order chi connectivity index (χ0) is 9.54. The Labute approximate surface area is 81.8 Å². The highest BCUT2D eigenvalue weighted by Gasteiger charge is 2.09. The lowest BCUT2D eigenvalue weighted by molar-refractivity contribution is 0.112. The maximum Gasteiger partial charge on any atom is 0.178 e. The molecule has 3 aromatic heterocycles. The Kier molecular flexibility index (Phi) is 1.40. The van der Waals surface area contributed by atoms with Crippen LogP contribution in [0.4, 0.5) is 0 Å². The minimum Gasteiger partial charge on any atom is -0.337 e. The van der Waals surface area contributed by atoms with E-state index in [1.54, 1.807) is 12.4 Å². The van der Waals surface area contributed by atoms with E-state index < -0.39 is 0 Å². The number of aromatic amines is 1. The lowest BCUT2D eigenvalue weighted by atomic mass is 10.4. The minimum atomic E-state index is 0.477. The Bertz CT molecular complexity index is 626. The molecule has 3 rings (SSSR count).